The number of ether oxygens (including phenoxy) is 1. The molecule has 1 aromatic carbocycles. The summed E-state index contributed by atoms with van der Waals surface area (Å²) in [4.78, 5) is 19.1. The van der Waals surface area contributed by atoms with Gasteiger partial charge in [-0.3, -0.25) is 4.99 Å². The van der Waals surface area contributed by atoms with Crippen LogP contribution >= 0.6 is 35.7 Å². The summed E-state index contributed by atoms with van der Waals surface area (Å²) in [5.41, 5.74) is 0. The van der Waals surface area contributed by atoms with Crippen LogP contribution in [0.5, 0.6) is 0 Å². The second-order valence-electron chi connectivity index (χ2n) is 6.12. The van der Waals surface area contributed by atoms with Crippen LogP contribution in [-0.2, 0) is 4.74 Å². The Hall–Kier alpha value is -1.16. The summed E-state index contributed by atoms with van der Waals surface area (Å²) in [6.07, 6.45) is 2.68. The van der Waals surface area contributed by atoms with Gasteiger partial charge in [0, 0.05) is 37.6 Å². The SMILES string of the molecule is CCOC(=O)N1CCC(NC(=NC)NCCCSc2ccccc2)CC1.I. The van der Waals surface area contributed by atoms with E-state index in [0.717, 1.165) is 50.6 Å². The number of piperidine rings is 1. The van der Waals surface area contributed by atoms with E-state index in [-0.39, 0.29) is 30.1 Å². The molecule has 6 nitrogen and oxygen atoms in total. The summed E-state index contributed by atoms with van der Waals surface area (Å²) in [5, 5.41) is 6.84. The quantitative estimate of drug-likeness (QED) is 0.195. The number of likely N-dealkylation sites (tertiary alicyclic amines) is 1. The van der Waals surface area contributed by atoms with Crippen LogP contribution in [-0.4, -0.2) is 62.0 Å². The Kier molecular flexibility index (Phi) is 12.3. The molecule has 8 heteroatoms. The number of nitrogens with zero attached hydrogens (tertiary/aromatic N) is 2. The topological polar surface area (TPSA) is 66.0 Å². The minimum Gasteiger partial charge on any atom is -0.450 e. The Morgan fingerprint density at radius 1 is 1.30 bits per heavy atom. The summed E-state index contributed by atoms with van der Waals surface area (Å²) in [6, 6.07) is 10.8. The van der Waals surface area contributed by atoms with E-state index in [9.17, 15) is 4.79 Å². The van der Waals surface area contributed by atoms with Crippen LogP contribution < -0.4 is 10.6 Å². The number of hydrogen-bond acceptors (Lipinski definition) is 4. The molecule has 1 aliphatic rings. The molecule has 1 aliphatic heterocycles. The number of carbonyl (C=O) groups excluding carboxylic acids is 1. The number of rotatable bonds is 7. The van der Waals surface area contributed by atoms with Gasteiger partial charge in [0.1, 0.15) is 0 Å². The highest BCUT2D eigenvalue weighted by Gasteiger charge is 2.23. The maximum atomic E-state index is 11.7. The van der Waals surface area contributed by atoms with Gasteiger partial charge in [-0.05, 0) is 44.1 Å². The molecule has 1 aromatic rings. The molecule has 0 aromatic heterocycles. The first-order chi connectivity index (χ1) is 12.7. The van der Waals surface area contributed by atoms with Gasteiger partial charge in [0.2, 0.25) is 0 Å². The number of amides is 1. The lowest BCUT2D eigenvalue weighted by molar-refractivity contribution is 0.0963. The van der Waals surface area contributed by atoms with E-state index >= 15 is 0 Å². The van der Waals surface area contributed by atoms with Crippen LogP contribution in [0.1, 0.15) is 26.2 Å². The largest absolute Gasteiger partial charge is 0.450 e. The lowest BCUT2D eigenvalue weighted by atomic mass is 10.1. The van der Waals surface area contributed by atoms with E-state index < -0.39 is 0 Å². The lowest BCUT2D eigenvalue weighted by Crippen LogP contribution is -2.50. The number of thioether (sulfide) groups is 1. The average molecular weight is 506 g/mol. The summed E-state index contributed by atoms with van der Waals surface area (Å²) in [6.45, 7) is 4.60. The molecule has 0 unspecified atom stereocenters. The van der Waals surface area contributed by atoms with Crippen molar-refractivity contribution in [1.82, 2.24) is 15.5 Å². The van der Waals surface area contributed by atoms with Crippen LogP contribution in [0.4, 0.5) is 4.79 Å². The van der Waals surface area contributed by atoms with E-state index in [1.165, 1.54) is 4.90 Å². The van der Waals surface area contributed by atoms with E-state index in [2.05, 4.69) is 39.9 Å². The molecule has 0 aliphatic carbocycles. The van der Waals surface area contributed by atoms with E-state index in [1.807, 2.05) is 24.8 Å². The molecule has 2 rings (SSSR count). The normalized spacial score (nSPS) is 15.0. The molecule has 0 radical (unpaired) electrons. The molecule has 152 valence electrons. The number of carbonyl (C=O) groups is 1. The highest BCUT2D eigenvalue weighted by Crippen LogP contribution is 2.17. The van der Waals surface area contributed by atoms with Gasteiger partial charge < -0.3 is 20.3 Å². The summed E-state index contributed by atoms with van der Waals surface area (Å²) < 4.78 is 5.06. The maximum absolute atomic E-state index is 11.7. The fourth-order valence-electron chi connectivity index (χ4n) is 2.79. The zero-order valence-corrected chi connectivity index (χ0v) is 19.3. The highest BCUT2D eigenvalue weighted by atomic mass is 127. The monoisotopic (exact) mass is 506 g/mol. The number of halogens is 1. The minimum atomic E-state index is -0.204. The molecule has 0 spiro atoms. The standard InChI is InChI=1S/C19H30N4O2S.HI/c1-3-25-19(24)23-13-10-16(11-14-23)22-18(20-2)21-12-7-15-26-17-8-5-4-6-9-17;/h4-6,8-9,16H,3,7,10-15H2,1-2H3,(H2,20,21,22);1H. The Bertz CT molecular complexity index is 566. The van der Waals surface area contributed by atoms with Crippen molar-refractivity contribution in [2.24, 2.45) is 4.99 Å². The lowest BCUT2D eigenvalue weighted by Gasteiger charge is -2.32. The van der Waals surface area contributed by atoms with Gasteiger partial charge in [0.15, 0.2) is 5.96 Å². The van der Waals surface area contributed by atoms with Crippen molar-refractivity contribution in [3.8, 4) is 0 Å². The molecular formula is C19H31IN4O2S. The van der Waals surface area contributed by atoms with Crippen molar-refractivity contribution in [3.63, 3.8) is 0 Å². The van der Waals surface area contributed by atoms with Crippen molar-refractivity contribution < 1.29 is 9.53 Å². The molecule has 1 amide bonds. The smallest absolute Gasteiger partial charge is 0.409 e. The third-order valence-corrected chi connectivity index (χ3v) is 5.31. The van der Waals surface area contributed by atoms with Crippen molar-refractivity contribution in [1.29, 1.82) is 0 Å². The van der Waals surface area contributed by atoms with Crippen LogP contribution in [0.3, 0.4) is 0 Å². The summed E-state index contributed by atoms with van der Waals surface area (Å²) in [5.74, 6) is 1.91. The van der Waals surface area contributed by atoms with Crippen LogP contribution in [0.15, 0.2) is 40.2 Å². The molecule has 0 bridgehead atoms. The zero-order valence-electron chi connectivity index (χ0n) is 16.1. The Labute approximate surface area is 183 Å². The average Bonchev–Trinajstić information content (AvgIpc) is 2.68. The van der Waals surface area contributed by atoms with Gasteiger partial charge in [0.25, 0.3) is 0 Å². The third-order valence-electron chi connectivity index (χ3n) is 4.21. The first kappa shape index (κ1) is 23.9. The Morgan fingerprint density at radius 3 is 2.63 bits per heavy atom. The third kappa shape index (κ3) is 9.05. The van der Waals surface area contributed by atoms with E-state index in [1.54, 1.807) is 11.9 Å². The van der Waals surface area contributed by atoms with Crippen molar-refractivity contribution in [2.45, 2.75) is 37.1 Å². The Morgan fingerprint density at radius 2 is 2.00 bits per heavy atom. The molecule has 0 atom stereocenters. The van der Waals surface area contributed by atoms with E-state index in [0.29, 0.717) is 12.6 Å². The van der Waals surface area contributed by atoms with Crippen molar-refractivity contribution >= 4 is 47.8 Å². The first-order valence-electron chi connectivity index (χ1n) is 9.29. The first-order valence-corrected chi connectivity index (χ1v) is 10.3. The number of aliphatic imine (C=N–C) groups is 1. The van der Waals surface area contributed by atoms with Crippen LogP contribution in [0.2, 0.25) is 0 Å². The molecular weight excluding hydrogens is 475 g/mol. The van der Waals surface area contributed by atoms with Gasteiger partial charge in [-0.2, -0.15) is 0 Å². The number of nitrogens with one attached hydrogen (secondary N) is 2. The predicted molar refractivity (Wildman–Crippen MR) is 123 cm³/mol. The van der Waals surface area contributed by atoms with Gasteiger partial charge in [-0.15, -0.1) is 35.7 Å². The molecule has 27 heavy (non-hydrogen) atoms. The summed E-state index contributed by atoms with van der Waals surface area (Å²) in [7, 11) is 1.79. The summed E-state index contributed by atoms with van der Waals surface area (Å²) >= 11 is 1.87. The zero-order chi connectivity index (χ0) is 18.6. The van der Waals surface area contributed by atoms with E-state index in [4.69, 9.17) is 4.74 Å². The fourth-order valence-corrected chi connectivity index (χ4v) is 3.67. The Balaban J connectivity index is 0.00000364. The molecule has 2 N–H and O–H groups in total. The number of guanidine groups is 1. The molecule has 0 saturated carbocycles. The minimum absolute atomic E-state index is 0. The molecule has 1 saturated heterocycles. The van der Waals surface area contributed by atoms with Gasteiger partial charge in [-0.1, -0.05) is 18.2 Å². The van der Waals surface area contributed by atoms with Crippen LogP contribution in [0.25, 0.3) is 0 Å². The maximum Gasteiger partial charge on any atom is 0.409 e. The van der Waals surface area contributed by atoms with Gasteiger partial charge in [0.05, 0.1) is 6.61 Å². The van der Waals surface area contributed by atoms with Gasteiger partial charge >= 0.3 is 6.09 Å². The molecule has 1 heterocycles. The van der Waals surface area contributed by atoms with Crippen molar-refractivity contribution in [3.05, 3.63) is 30.3 Å². The van der Waals surface area contributed by atoms with Crippen LogP contribution in [0, 0.1) is 0 Å². The predicted octanol–water partition coefficient (Wildman–Crippen LogP) is 3.57. The molecule has 1 fully saturated rings. The van der Waals surface area contributed by atoms with Gasteiger partial charge in [-0.25, -0.2) is 4.79 Å². The second kappa shape index (κ2) is 13.9. The highest BCUT2D eigenvalue weighted by molar-refractivity contribution is 14.0. The van der Waals surface area contributed by atoms with Crippen molar-refractivity contribution in [2.75, 3.05) is 39.0 Å². The number of benzene rings is 1. The number of hydrogen-bond donors (Lipinski definition) is 2. The fraction of sp³-hybridized carbons (Fsp3) is 0.579. The second-order valence-corrected chi connectivity index (χ2v) is 7.29.